The van der Waals surface area contributed by atoms with Crippen molar-refractivity contribution in [2.45, 2.75) is 19.9 Å². The lowest BCUT2D eigenvalue weighted by Gasteiger charge is -2.11. The van der Waals surface area contributed by atoms with Crippen LogP contribution in [-0.2, 0) is 11.3 Å². The maximum absolute atomic E-state index is 10.7. The van der Waals surface area contributed by atoms with E-state index in [1.54, 1.807) is 7.11 Å². The first-order valence-electron chi connectivity index (χ1n) is 8.14. The molecule has 0 aliphatic heterocycles. The number of fused-ring (bicyclic) bond motifs is 1. The van der Waals surface area contributed by atoms with Gasteiger partial charge in [-0.3, -0.25) is 4.79 Å². The van der Waals surface area contributed by atoms with Gasteiger partial charge < -0.3 is 14.6 Å². The fraction of sp³-hybridized carbons (Fsp3) is 0.200. The summed E-state index contributed by atoms with van der Waals surface area (Å²) in [6.45, 7) is 2.90. The Hall–Kier alpha value is -3.26. The molecule has 126 valence electrons. The van der Waals surface area contributed by atoms with Crippen molar-refractivity contribution in [1.29, 1.82) is 5.26 Å². The van der Waals surface area contributed by atoms with Crippen molar-refractivity contribution >= 4 is 23.0 Å². The van der Waals surface area contributed by atoms with Crippen molar-refractivity contribution in [3.63, 3.8) is 0 Å². The van der Waals surface area contributed by atoms with Crippen molar-refractivity contribution < 1.29 is 9.53 Å². The molecule has 2 aromatic carbocycles. The Kier molecular flexibility index (Phi) is 4.71. The number of amides is 1. The van der Waals surface area contributed by atoms with Crippen LogP contribution in [0.2, 0.25) is 0 Å². The number of hydrogen-bond acceptors (Lipinski definition) is 3. The number of rotatable bonds is 6. The van der Waals surface area contributed by atoms with Gasteiger partial charge in [0.2, 0.25) is 6.41 Å². The Balaban J connectivity index is 2.32. The molecule has 0 aliphatic carbocycles. The minimum atomic E-state index is 0.616. The first-order valence-corrected chi connectivity index (χ1v) is 8.14. The van der Waals surface area contributed by atoms with E-state index >= 15 is 0 Å². The highest BCUT2D eigenvalue weighted by molar-refractivity contribution is 5.95. The number of nitriles is 1. The molecular weight excluding hydrogens is 314 g/mol. The Bertz CT molecular complexity index is 967. The van der Waals surface area contributed by atoms with Gasteiger partial charge in [0.25, 0.3) is 0 Å². The van der Waals surface area contributed by atoms with E-state index in [0.29, 0.717) is 17.7 Å². The molecule has 0 unspecified atom stereocenters. The first kappa shape index (κ1) is 16.6. The minimum absolute atomic E-state index is 0.616. The third kappa shape index (κ3) is 2.94. The molecule has 0 aliphatic rings. The van der Waals surface area contributed by atoms with Crippen molar-refractivity contribution in [1.82, 2.24) is 4.57 Å². The van der Waals surface area contributed by atoms with Crippen LogP contribution in [0.1, 0.15) is 18.9 Å². The molecule has 1 N–H and O–H groups in total. The zero-order valence-electron chi connectivity index (χ0n) is 14.2. The van der Waals surface area contributed by atoms with E-state index in [4.69, 9.17) is 4.74 Å². The molecule has 1 aromatic heterocycles. The summed E-state index contributed by atoms with van der Waals surface area (Å²) < 4.78 is 7.48. The summed E-state index contributed by atoms with van der Waals surface area (Å²) in [6.07, 6.45) is 1.59. The third-order valence-corrected chi connectivity index (χ3v) is 4.19. The molecule has 0 saturated heterocycles. The normalized spacial score (nSPS) is 10.4. The monoisotopic (exact) mass is 333 g/mol. The molecular formula is C20H19N3O2. The number of nitrogens with one attached hydrogen (secondary N) is 1. The van der Waals surface area contributed by atoms with Crippen molar-refractivity contribution in [2.24, 2.45) is 0 Å². The standard InChI is InChI=1S/C20H19N3O2/c1-3-9-23-19-8-7-16(25-2)11-17(19)18(12-21)20(23)14-5-4-6-15(10-14)22-13-24/h4-8,10-11,13H,3,9H2,1-2H3,(H,22,24). The molecule has 0 radical (unpaired) electrons. The summed E-state index contributed by atoms with van der Waals surface area (Å²) in [5.41, 5.74) is 4.07. The summed E-state index contributed by atoms with van der Waals surface area (Å²) in [5, 5.41) is 13.4. The number of methoxy groups -OCH3 is 1. The van der Waals surface area contributed by atoms with Gasteiger partial charge in [0.15, 0.2) is 0 Å². The molecule has 0 spiro atoms. The van der Waals surface area contributed by atoms with Crippen LogP contribution < -0.4 is 10.1 Å². The smallest absolute Gasteiger partial charge is 0.211 e. The van der Waals surface area contributed by atoms with Gasteiger partial charge in [-0.2, -0.15) is 5.26 Å². The number of benzene rings is 2. The fourth-order valence-electron chi connectivity index (χ4n) is 3.15. The molecule has 0 atom stereocenters. The number of hydrogen-bond donors (Lipinski definition) is 1. The van der Waals surface area contributed by atoms with Crippen LogP contribution in [0, 0.1) is 11.3 Å². The van der Waals surface area contributed by atoms with Gasteiger partial charge in [-0.05, 0) is 36.8 Å². The number of nitrogens with zero attached hydrogens (tertiary/aromatic N) is 2. The SMILES string of the molecule is CCCn1c(-c2cccc(NC=O)c2)c(C#N)c2cc(OC)ccc21. The van der Waals surface area contributed by atoms with Gasteiger partial charge >= 0.3 is 0 Å². The molecule has 5 nitrogen and oxygen atoms in total. The van der Waals surface area contributed by atoms with Gasteiger partial charge in [0.05, 0.1) is 23.9 Å². The Morgan fingerprint density at radius 2 is 2.12 bits per heavy atom. The van der Waals surface area contributed by atoms with Gasteiger partial charge in [-0.25, -0.2) is 0 Å². The highest BCUT2D eigenvalue weighted by atomic mass is 16.5. The van der Waals surface area contributed by atoms with Gasteiger partial charge in [0.1, 0.15) is 11.8 Å². The summed E-state index contributed by atoms with van der Waals surface area (Å²) in [6, 6.07) is 15.7. The largest absolute Gasteiger partial charge is 0.497 e. The van der Waals surface area contributed by atoms with Crippen LogP contribution in [-0.4, -0.2) is 18.1 Å². The van der Waals surface area contributed by atoms with Crippen LogP contribution in [0.15, 0.2) is 42.5 Å². The van der Waals surface area contributed by atoms with Crippen molar-refractivity contribution in [2.75, 3.05) is 12.4 Å². The van der Waals surface area contributed by atoms with Gasteiger partial charge in [-0.15, -0.1) is 0 Å². The lowest BCUT2D eigenvalue weighted by molar-refractivity contribution is -0.105. The van der Waals surface area contributed by atoms with Crippen LogP contribution >= 0.6 is 0 Å². The summed E-state index contributed by atoms with van der Waals surface area (Å²) in [7, 11) is 1.62. The molecule has 0 saturated carbocycles. The minimum Gasteiger partial charge on any atom is -0.497 e. The maximum atomic E-state index is 10.7. The van der Waals surface area contributed by atoms with E-state index in [1.807, 2.05) is 42.5 Å². The Morgan fingerprint density at radius 3 is 2.80 bits per heavy atom. The summed E-state index contributed by atoms with van der Waals surface area (Å²) >= 11 is 0. The number of aryl methyl sites for hydroxylation is 1. The predicted octanol–water partition coefficient (Wildman–Crippen LogP) is 4.17. The number of carbonyl (C=O) groups is 1. The zero-order chi connectivity index (χ0) is 17.8. The van der Waals surface area contributed by atoms with E-state index in [1.165, 1.54) is 0 Å². The molecule has 3 rings (SSSR count). The number of aromatic nitrogens is 1. The van der Waals surface area contributed by atoms with E-state index < -0.39 is 0 Å². The van der Waals surface area contributed by atoms with E-state index in [2.05, 4.69) is 22.9 Å². The molecule has 5 heteroatoms. The summed E-state index contributed by atoms with van der Waals surface area (Å²) in [5.74, 6) is 0.723. The molecule has 3 aromatic rings. The second-order valence-electron chi connectivity index (χ2n) is 5.71. The fourth-order valence-corrected chi connectivity index (χ4v) is 3.15. The van der Waals surface area contributed by atoms with Crippen LogP contribution in [0.4, 0.5) is 5.69 Å². The van der Waals surface area contributed by atoms with E-state index in [-0.39, 0.29) is 0 Å². The molecule has 1 heterocycles. The maximum Gasteiger partial charge on any atom is 0.211 e. The van der Waals surface area contributed by atoms with Crippen molar-refractivity contribution in [3.8, 4) is 23.1 Å². The highest BCUT2D eigenvalue weighted by Crippen LogP contribution is 2.36. The highest BCUT2D eigenvalue weighted by Gasteiger charge is 2.19. The quantitative estimate of drug-likeness (QED) is 0.689. The first-order chi connectivity index (χ1) is 12.2. The van der Waals surface area contributed by atoms with Crippen molar-refractivity contribution in [3.05, 3.63) is 48.0 Å². The Labute approximate surface area is 146 Å². The molecule has 0 bridgehead atoms. The number of ether oxygens (including phenoxy) is 1. The summed E-state index contributed by atoms with van der Waals surface area (Å²) in [4.78, 5) is 10.7. The Morgan fingerprint density at radius 1 is 1.28 bits per heavy atom. The average molecular weight is 333 g/mol. The zero-order valence-corrected chi connectivity index (χ0v) is 14.2. The van der Waals surface area contributed by atoms with Crippen LogP contribution in [0.5, 0.6) is 5.75 Å². The topological polar surface area (TPSA) is 67.0 Å². The second kappa shape index (κ2) is 7.10. The molecule has 25 heavy (non-hydrogen) atoms. The number of anilines is 1. The predicted molar refractivity (Wildman–Crippen MR) is 98.6 cm³/mol. The van der Waals surface area contributed by atoms with E-state index in [9.17, 15) is 10.1 Å². The molecule has 0 fully saturated rings. The lowest BCUT2D eigenvalue weighted by Crippen LogP contribution is -2.00. The van der Waals surface area contributed by atoms with E-state index in [0.717, 1.165) is 40.9 Å². The third-order valence-electron chi connectivity index (χ3n) is 4.19. The van der Waals surface area contributed by atoms with Crippen LogP contribution in [0.3, 0.4) is 0 Å². The lowest BCUT2D eigenvalue weighted by atomic mass is 10.1. The van der Waals surface area contributed by atoms with Gasteiger partial charge in [0, 0.05) is 23.2 Å². The van der Waals surface area contributed by atoms with Crippen LogP contribution in [0.25, 0.3) is 22.2 Å². The van der Waals surface area contributed by atoms with Gasteiger partial charge in [-0.1, -0.05) is 19.1 Å². The number of carbonyl (C=O) groups excluding carboxylic acids is 1. The second-order valence-corrected chi connectivity index (χ2v) is 5.71. The average Bonchev–Trinajstić information content (AvgIpc) is 2.95. The molecule has 1 amide bonds.